The highest BCUT2D eigenvalue weighted by Crippen LogP contribution is 2.29. The van der Waals surface area contributed by atoms with E-state index in [-0.39, 0.29) is 0 Å². The predicted octanol–water partition coefficient (Wildman–Crippen LogP) is 5.04. The first-order valence-electron chi connectivity index (χ1n) is 7.79. The fourth-order valence-electron chi connectivity index (χ4n) is 2.26. The molecular formula is C18H13ClN4O2S. The molecule has 2 aromatic heterocycles. The zero-order valence-electron chi connectivity index (χ0n) is 13.7. The molecular weight excluding hydrogens is 372 g/mol. The Kier molecular flexibility index (Phi) is 4.73. The summed E-state index contributed by atoms with van der Waals surface area (Å²) in [6, 6.07) is 15.2. The van der Waals surface area contributed by atoms with Gasteiger partial charge in [-0.1, -0.05) is 53.2 Å². The smallest absolute Gasteiger partial charge is 0.277 e. The predicted molar refractivity (Wildman–Crippen MR) is 98.8 cm³/mol. The molecule has 0 aliphatic rings. The van der Waals surface area contributed by atoms with E-state index in [2.05, 4.69) is 20.4 Å². The fraction of sp³-hybridized carbons (Fsp3) is 0.111. The first-order valence-corrected chi connectivity index (χ1v) is 9.16. The van der Waals surface area contributed by atoms with Crippen LogP contribution in [0.1, 0.15) is 11.5 Å². The van der Waals surface area contributed by atoms with Crippen molar-refractivity contribution in [1.82, 2.24) is 20.4 Å². The van der Waals surface area contributed by atoms with Gasteiger partial charge in [0.1, 0.15) is 0 Å². The van der Waals surface area contributed by atoms with Gasteiger partial charge in [0.15, 0.2) is 0 Å². The van der Waals surface area contributed by atoms with Crippen molar-refractivity contribution in [1.29, 1.82) is 0 Å². The Morgan fingerprint density at radius 3 is 2.46 bits per heavy atom. The van der Waals surface area contributed by atoms with Gasteiger partial charge in [-0.2, -0.15) is 0 Å². The molecule has 4 rings (SSSR count). The number of halogens is 1. The Morgan fingerprint density at radius 2 is 1.65 bits per heavy atom. The van der Waals surface area contributed by atoms with Gasteiger partial charge in [-0.15, -0.1) is 20.4 Å². The lowest BCUT2D eigenvalue weighted by Gasteiger charge is -1.96. The molecule has 0 radical (unpaired) electrons. The number of rotatable bonds is 5. The molecule has 0 unspecified atom stereocenters. The Hall–Kier alpha value is -2.64. The summed E-state index contributed by atoms with van der Waals surface area (Å²) in [6.07, 6.45) is 0. The fourth-order valence-corrected chi connectivity index (χ4v) is 3.08. The Balaban J connectivity index is 1.44. The largest absolute Gasteiger partial charge is 0.420 e. The monoisotopic (exact) mass is 384 g/mol. The summed E-state index contributed by atoms with van der Waals surface area (Å²) in [5.41, 5.74) is 2.76. The van der Waals surface area contributed by atoms with Crippen molar-refractivity contribution in [3.63, 3.8) is 0 Å². The average Bonchev–Trinajstić information content (AvgIpc) is 3.30. The van der Waals surface area contributed by atoms with Crippen LogP contribution in [-0.2, 0) is 5.75 Å². The van der Waals surface area contributed by atoms with Crippen molar-refractivity contribution in [2.45, 2.75) is 17.9 Å². The van der Waals surface area contributed by atoms with E-state index in [1.165, 1.54) is 17.3 Å². The summed E-state index contributed by atoms with van der Waals surface area (Å²) >= 11 is 7.48. The van der Waals surface area contributed by atoms with Crippen molar-refractivity contribution in [2.75, 3.05) is 0 Å². The number of aromatic nitrogens is 4. The number of nitrogens with zero attached hydrogens (tertiary/aromatic N) is 4. The first kappa shape index (κ1) is 16.8. The van der Waals surface area contributed by atoms with Gasteiger partial charge in [0.2, 0.25) is 17.7 Å². The topological polar surface area (TPSA) is 77.8 Å². The third-order valence-corrected chi connectivity index (χ3v) is 4.73. The minimum absolute atomic E-state index is 0.386. The highest BCUT2D eigenvalue weighted by molar-refractivity contribution is 7.98. The van der Waals surface area contributed by atoms with Crippen LogP contribution >= 0.6 is 23.4 Å². The van der Waals surface area contributed by atoms with Crippen molar-refractivity contribution in [3.8, 4) is 22.9 Å². The lowest BCUT2D eigenvalue weighted by atomic mass is 10.1. The van der Waals surface area contributed by atoms with E-state index in [4.69, 9.17) is 20.4 Å². The lowest BCUT2D eigenvalue weighted by molar-refractivity contribution is 0.464. The Bertz CT molecular complexity index is 1030. The standard InChI is InChI=1S/C18H13ClN4O2S/c1-11-6-8-12(9-7-11)16-21-23-18(25-16)26-10-15-20-22-17(24-15)13-4-2-3-5-14(13)19/h2-9H,10H2,1H3. The number of thioether (sulfide) groups is 1. The molecule has 0 bridgehead atoms. The van der Waals surface area contributed by atoms with Gasteiger partial charge in [0.05, 0.1) is 16.3 Å². The normalized spacial score (nSPS) is 11.0. The van der Waals surface area contributed by atoms with E-state index < -0.39 is 0 Å². The molecule has 2 aromatic carbocycles. The van der Waals surface area contributed by atoms with Crippen molar-refractivity contribution in [3.05, 3.63) is 65.0 Å². The van der Waals surface area contributed by atoms with E-state index in [0.29, 0.717) is 39.2 Å². The van der Waals surface area contributed by atoms with Crippen LogP contribution in [0.5, 0.6) is 0 Å². The first-order chi connectivity index (χ1) is 12.7. The second kappa shape index (κ2) is 7.31. The molecule has 0 aliphatic carbocycles. The van der Waals surface area contributed by atoms with Crippen LogP contribution in [0.2, 0.25) is 5.02 Å². The quantitative estimate of drug-likeness (QED) is 0.446. The molecule has 0 fully saturated rings. The van der Waals surface area contributed by atoms with Crippen LogP contribution in [-0.4, -0.2) is 20.4 Å². The molecule has 26 heavy (non-hydrogen) atoms. The third kappa shape index (κ3) is 3.63. The van der Waals surface area contributed by atoms with E-state index in [0.717, 1.165) is 5.56 Å². The van der Waals surface area contributed by atoms with Crippen LogP contribution in [0.3, 0.4) is 0 Å². The van der Waals surface area contributed by atoms with Crippen LogP contribution < -0.4 is 0 Å². The molecule has 0 saturated heterocycles. The summed E-state index contributed by atoms with van der Waals surface area (Å²) < 4.78 is 11.3. The summed E-state index contributed by atoms with van der Waals surface area (Å²) in [5.74, 6) is 1.75. The minimum Gasteiger partial charge on any atom is -0.420 e. The Morgan fingerprint density at radius 1 is 0.885 bits per heavy atom. The van der Waals surface area contributed by atoms with Crippen molar-refractivity contribution < 1.29 is 8.83 Å². The average molecular weight is 385 g/mol. The number of hydrogen-bond acceptors (Lipinski definition) is 7. The summed E-state index contributed by atoms with van der Waals surface area (Å²) in [5, 5.41) is 17.2. The van der Waals surface area contributed by atoms with E-state index in [1.807, 2.05) is 49.4 Å². The zero-order chi connectivity index (χ0) is 17.9. The molecule has 4 aromatic rings. The molecule has 0 saturated carbocycles. The highest BCUT2D eigenvalue weighted by Gasteiger charge is 2.14. The SMILES string of the molecule is Cc1ccc(-c2nnc(SCc3nnc(-c4ccccc4Cl)o3)o2)cc1. The van der Waals surface area contributed by atoms with Gasteiger partial charge in [-0.05, 0) is 31.2 Å². The molecule has 0 amide bonds. The maximum atomic E-state index is 6.15. The summed E-state index contributed by atoms with van der Waals surface area (Å²) in [6.45, 7) is 2.03. The minimum atomic E-state index is 0.386. The molecule has 8 heteroatoms. The lowest BCUT2D eigenvalue weighted by Crippen LogP contribution is -1.80. The van der Waals surface area contributed by atoms with Crippen LogP contribution in [0, 0.1) is 6.92 Å². The number of benzene rings is 2. The van der Waals surface area contributed by atoms with E-state index >= 15 is 0 Å². The molecule has 0 aliphatic heterocycles. The summed E-state index contributed by atoms with van der Waals surface area (Å²) in [7, 11) is 0. The van der Waals surface area contributed by atoms with Crippen LogP contribution in [0.4, 0.5) is 0 Å². The van der Waals surface area contributed by atoms with Crippen molar-refractivity contribution in [2.24, 2.45) is 0 Å². The number of aryl methyl sites for hydroxylation is 1. The van der Waals surface area contributed by atoms with Gasteiger partial charge in [0.25, 0.3) is 5.22 Å². The maximum absolute atomic E-state index is 6.15. The molecule has 130 valence electrons. The Labute approximate surface area is 158 Å². The van der Waals surface area contributed by atoms with E-state index in [1.54, 1.807) is 6.07 Å². The molecule has 0 N–H and O–H groups in total. The van der Waals surface area contributed by atoms with Crippen molar-refractivity contribution >= 4 is 23.4 Å². The van der Waals surface area contributed by atoms with Gasteiger partial charge in [-0.3, -0.25) is 0 Å². The highest BCUT2D eigenvalue weighted by atomic mass is 35.5. The van der Waals surface area contributed by atoms with Crippen LogP contribution in [0.25, 0.3) is 22.9 Å². The van der Waals surface area contributed by atoms with Gasteiger partial charge >= 0.3 is 0 Å². The van der Waals surface area contributed by atoms with E-state index in [9.17, 15) is 0 Å². The van der Waals surface area contributed by atoms with Crippen LogP contribution in [0.15, 0.2) is 62.6 Å². The number of hydrogen-bond donors (Lipinski definition) is 0. The second-order valence-electron chi connectivity index (χ2n) is 5.51. The zero-order valence-corrected chi connectivity index (χ0v) is 15.3. The third-order valence-electron chi connectivity index (χ3n) is 3.60. The molecule has 0 spiro atoms. The van der Waals surface area contributed by atoms with Gasteiger partial charge in [0, 0.05) is 5.56 Å². The van der Waals surface area contributed by atoms with Gasteiger partial charge in [-0.25, -0.2) is 0 Å². The maximum Gasteiger partial charge on any atom is 0.277 e. The molecule has 6 nitrogen and oxygen atoms in total. The molecule has 2 heterocycles. The second-order valence-corrected chi connectivity index (χ2v) is 6.84. The summed E-state index contributed by atoms with van der Waals surface area (Å²) in [4.78, 5) is 0. The molecule has 0 atom stereocenters. The van der Waals surface area contributed by atoms with Gasteiger partial charge < -0.3 is 8.83 Å².